The number of piperidine rings is 1. The van der Waals surface area contributed by atoms with Crippen LogP contribution in [-0.4, -0.2) is 40.5 Å². The summed E-state index contributed by atoms with van der Waals surface area (Å²) in [5.41, 5.74) is 5.12. The smallest absolute Gasteiger partial charge is 0.308 e. The molecule has 98 valence electrons. The lowest BCUT2D eigenvalue weighted by Crippen LogP contribution is -2.56. The number of carboxylic acid groups (broad SMARTS) is 1. The van der Waals surface area contributed by atoms with Gasteiger partial charge < -0.3 is 15.7 Å². The number of rotatable bonds is 4. The Kier molecular flexibility index (Phi) is 4.51. The van der Waals surface area contributed by atoms with Crippen molar-refractivity contribution >= 4 is 11.9 Å². The molecule has 0 aromatic rings. The first-order valence-electron chi connectivity index (χ1n) is 6.19. The van der Waals surface area contributed by atoms with E-state index in [0.29, 0.717) is 25.9 Å². The molecule has 0 aromatic carbocycles. The Labute approximate surface area is 102 Å². The number of hydrogen-bond donors (Lipinski definition) is 2. The quantitative estimate of drug-likeness (QED) is 0.764. The van der Waals surface area contributed by atoms with Crippen molar-refractivity contribution in [3.05, 3.63) is 0 Å². The van der Waals surface area contributed by atoms with E-state index in [9.17, 15) is 9.59 Å². The maximum Gasteiger partial charge on any atom is 0.308 e. The number of carbonyl (C=O) groups excluding carboxylic acids is 1. The third-order valence-corrected chi connectivity index (χ3v) is 3.32. The number of carbonyl (C=O) groups is 2. The highest BCUT2D eigenvalue weighted by molar-refractivity contribution is 5.86. The number of carboxylic acids is 1. The lowest BCUT2D eigenvalue weighted by Gasteiger charge is -2.36. The molecule has 0 radical (unpaired) electrons. The van der Waals surface area contributed by atoms with E-state index in [1.165, 1.54) is 0 Å². The summed E-state index contributed by atoms with van der Waals surface area (Å²) in [4.78, 5) is 24.7. The van der Waals surface area contributed by atoms with Crippen LogP contribution in [0.15, 0.2) is 0 Å². The van der Waals surface area contributed by atoms with Gasteiger partial charge in [0.1, 0.15) is 0 Å². The summed E-state index contributed by atoms with van der Waals surface area (Å²) in [6, 6.07) is 0. The van der Waals surface area contributed by atoms with Crippen molar-refractivity contribution in [2.75, 3.05) is 13.1 Å². The lowest BCUT2D eigenvalue weighted by molar-refractivity contribution is -0.147. The van der Waals surface area contributed by atoms with Crippen LogP contribution in [0.5, 0.6) is 0 Å². The van der Waals surface area contributed by atoms with Crippen molar-refractivity contribution in [3.8, 4) is 0 Å². The standard InChI is InChI=1S/C12H22N2O3/c1-3-6-12(2,13)11(17)14-7-4-5-9(8-14)10(15)16/h9H,3-8,13H2,1-2H3,(H,15,16)/t9-,12?/m1/s1. The number of nitrogens with zero attached hydrogens (tertiary/aromatic N) is 1. The molecular formula is C12H22N2O3. The van der Waals surface area contributed by atoms with Crippen molar-refractivity contribution < 1.29 is 14.7 Å². The Hall–Kier alpha value is -1.10. The van der Waals surface area contributed by atoms with Crippen molar-refractivity contribution in [2.24, 2.45) is 11.7 Å². The van der Waals surface area contributed by atoms with Gasteiger partial charge in [0.2, 0.25) is 5.91 Å². The van der Waals surface area contributed by atoms with Gasteiger partial charge in [0.25, 0.3) is 0 Å². The first-order chi connectivity index (χ1) is 7.88. The zero-order chi connectivity index (χ0) is 13.1. The minimum atomic E-state index is -0.866. The van der Waals surface area contributed by atoms with Crippen LogP contribution in [-0.2, 0) is 9.59 Å². The van der Waals surface area contributed by atoms with Gasteiger partial charge in [0.15, 0.2) is 0 Å². The van der Waals surface area contributed by atoms with Crippen molar-refractivity contribution in [2.45, 2.75) is 45.1 Å². The van der Waals surface area contributed by atoms with Crippen LogP contribution in [0.4, 0.5) is 0 Å². The lowest BCUT2D eigenvalue weighted by atomic mass is 9.92. The summed E-state index contributed by atoms with van der Waals surface area (Å²) in [5, 5.41) is 8.97. The van der Waals surface area contributed by atoms with Crippen LogP contribution in [0.1, 0.15) is 39.5 Å². The second-order valence-electron chi connectivity index (χ2n) is 5.10. The highest BCUT2D eigenvalue weighted by atomic mass is 16.4. The molecule has 2 atom stereocenters. The molecule has 1 saturated heterocycles. The monoisotopic (exact) mass is 242 g/mol. The van der Waals surface area contributed by atoms with Gasteiger partial charge in [-0.15, -0.1) is 0 Å². The Bertz CT molecular complexity index is 302. The van der Waals surface area contributed by atoms with E-state index >= 15 is 0 Å². The Balaban J connectivity index is 2.66. The van der Waals surface area contributed by atoms with Gasteiger partial charge in [-0.1, -0.05) is 13.3 Å². The van der Waals surface area contributed by atoms with Gasteiger partial charge in [-0.2, -0.15) is 0 Å². The molecule has 1 amide bonds. The molecule has 5 nitrogen and oxygen atoms in total. The van der Waals surface area contributed by atoms with Crippen LogP contribution in [0, 0.1) is 5.92 Å². The van der Waals surface area contributed by atoms with Gasteiger partial charge in [0, 0.05) is 13.1 Å². The molecule has 3 N–H and O–H groups in total. The summed E-state index contributed by atoms with van der Waals surface area (Å²) in [6.07, 6.45) is 2.86. The van der Waals surface area contributed by atoms with E-state index in [1.54, 1.807) is 11.8 Å². The van der Waals surface area contributed by atoms with E-state index in [-0.39, 0.29) is 5.91 Å². The molecule has 1 aliphatic rings. The Morgan fingerprint density at radius 3 is 2.71 bits per heavy atom. The van der Waals surface area contributed by atoms with Crippen molar-refractivity contribution in [1.29, 1.82) is 0 Å². The summed E-state index contributed by atoms with van der Waals surface area (Å²) >= 11 is 0. The van der Waals surface area contributed by atoms with Gasteiger partial charge in [0.05, 0.1) is 11.5 Å². The fourth-order valence-corrected chi connectivity index (χ4v) is 2.35. The number of nitrogens with two attached hydrogens (primary N) is 1. The summed E-state index contributed by atoms with van der Waals surface area (Å²) < 4.78 is 0. The molecule has 0 aliphatic carbocycles. The van der Waals surface area contributed by atoms with E-state index in [4.69, 9.17) is 10.8 Å². The van der Waals surface area contributed by atoms with Crippen LogP contribution >= 0.6 is 0 Å². The largest absolute Gasteiger partial charge is 0.481 e. The minimum Gasteiger partial charge on any atom is -0.481 e. The predicted molar refractivity (Wildman–Crippen MR) is 64.4 cm³/mol. The zero-order valence-electron chi connectivity index (χ0n) is 10.6. The molecule has 5 heteroatoms. The van der Waals surface area contributed by atoms with Gasteiger partial charge in [-0.3, -0.25) is 9.59 Å². The molecule has 1 unspecified atom stereocenters. The zero-order valence-corrected chi connectivity index (χ0v) is 10.6. The second-order valence-corrected chi connectivity index (χ2v) is 5.10. The molecule has 1 fully saturated rings. The first-order valence-corrected chi connectivity index (χ1v) is 6.19. The molecule has 0 bridgehead atoms. The molecule has 1 aliphatic heterocycles. The number of aliphatic carboxylic acids is 1. The minimum absolute atomic E-state index is 0.120. The fraction of sp³-hybridized carbons (Fsp3) is 0.833. The maximum absolute atomic E-state index is 12.2. The van der Waals surface area contributed by atoms with Crippen LogP contribution < -0.4 is 5.73 Å². The summed E-state index contributed by atoms with van der Waals surface area (Å²) in [7, 11) is 0. The van der Waals surface area contributed by atoms with E-state index < -0.39 is 17.4 Å². The van der Waals surface area contributed by atoms with E-state index in [1.807, 2.05) is 6.92 Å². The average Bonchev–Trinajstić information content (AvgIpc) is 2.28. The van der Waals surface area contributed by atoms with Crippen LogP contribution in [0.2, 0.25) is 0 Å². The SMILES string of the molecule is CCCC(C)(N)C(=O)N1CCC[C@@H](C(=O)O)C1. The molecule has 0 aromatic heterocycles. The molecule has 1 heterocycles. The highest BCUT2D eigenvalue weighted by Crippen LogP contribution is 2.21. The first kappa shape index (κ1) is 14.0. The van der Waals surface area contributed by atoms with Gasteiger partial charge in [-0.05, 0) is 26.2 Å². The number of amides is 1. The second kappa shape index (κ2) is 5.49. The molecule has 1 rings (SSSR count). The Morgan fingerprint density at radius 2 is 2.18 bits per heavy atom. The summed E-state index contributed by atoms with van der Waals surface area (Å²) in [6.45, 7) is 4.63. The van der Waals surface area contributed by atoms with Crippen LogP contribution in [0.3, 0.4) is 0 Å². The number of likely N-dealkylation sites (tertiary alicyclic amines) is 1. The normalized spacial score (nSPS) is 24.2. The highest BCUT2D eigenvalue weighted by Gasteiger charge is 2.35. The van der Waals surface area contributed by atoms with E-state index in [2.05, 4.69) is 0 Å². The van der Waals surface area contributed by atoms with E-state index in [0.717, 1.165) is 12.8 Å². The van der Waals surface area contributed by atoms with Crippen molar-refractivity contribution in [3.63, 3.8) is 0 Å². The van der Waals surface area contributed by atoms with Gasteiger partial charge in [-0.25, -0.2) is 0 Å². The topological polar surface area (TPSA) is 83.6 Å². The van der Waals surface area contributed by atoms with Crippen LogP contribution in [0.25, 0.3) is 0 Å². The van der Waals surface area contributed by atoms with Crippen molar-refractivity contribution in [1.82, 2.24) is 4.90 Å². The molecule has 0 saturated carbocycles. The Morgan fingerprint density at radius 1 is 1.53 bits per heavy atom. The molecular weight excluding hydrogens is 220 g/mol. The fourth-order valence-electron chi connectivity index (χ4n) is 2.35. The molecule has 0 spiro atoms. The number of hydrogen-bond acceptors (Lipinski definition) is 3. The van der Waals surface area contributed by atoms with Gasteiger partial charge >= 0.3 is 5.97 Å². The third kappa shape index (κ3) is 3.43. The average molecular weight is 242 g/mol. The maximum atomic E-state index is 12.2. The molecule has 17 heavy (non-hydrogen) atoms. The predicted octanol–water partition coefficient (Wildman–Crippen LogP) is 0.827. The third-order valence-electron chi connectivity index (χ3n) is 3.32. The summed E-state index contributed by atoms with van der Waals surface area (Å²) in [5.74, 6) is -1.38.